The van der Waals surface area contributed by atoms with E-state index in [9.17, 15) is 4.79 Å². The fourth-order valence-corrected chi connectivity index (χ4v) is 2.16. The molecular weight excluding hydrogens is 287 g/mol. The summed E-state index contributed by atoms with van der Waals surface area (Å²) in [4.78, 5) is 11.7. The van der Waals surface area contributed by atoms with E-state index in [2.05, 4.69) is 10.2 Å². The second-order valence-electron chi connectivity index (χ2n) is 3.90. The van der Waals surface area contributed by atoms with Crippen LogP contribution >= 0.6 is 23.2 Å². The number of esters is 1. The summed E-state index contributed by atoms with van der Waals surface area (Å²) in [5, 5.41) is 7.79. The van der Waals surface area contributed by atoms with Crippen molar-refractivity contribution in [3.8, 4) is 0 Å². The summed E-state index contributed by atoms with van der Waals surface area (Å²) in [7, 11) is 0. The van der Waals surface area contributed by atoms with Crippen LogP contribution in [0.3, 0.4) is 0 Å². The first-order chi connectivity index (χ1) is 9.11. The topological polar surface area (TPSA) is 55.0 Å². The van der Waals surface area contributed by atoms with Crippen LogP contribution in [0.1, 0.15) is 28.5 Å². The predicted molar refractivity (Wildman–Crippen MR) is 73.8 cm³/mol. The second-order valence-corrected chi connectivity index (χ2v) is 4.74. The van der Waals surface area contributed by atoms with Crippen LogP contribution in [-0.4, -0.2) is 22.8 Å². The first kappa shape index (κ1) is 13.9. The van der Waals surface area contributed by atoms with E-state index in [1.165, 1.54) is 6.20 Å². The van der Waals surface area contributed by atoms with Crippen LogP contribution in [0, 0.1) is 0 Å². The van der Waals surface area contributed by atoms with Gasteiger partial charge in [-0.15, -0.1) is 0 Å². The molecule has 0 fully saturated rings. The molecular formula is C13H12Cl2N2O2. The van der Waals surface area contributed by atoms with Crippen molar-refractivity contribution in [2.24, 2.45) is 0 Å². The summed E-state index contributed by atoms with van der Waals surface area (Å²) in [6, 6.07) is 5.24. The highest BCUT2D eigenvalue weighted by Crippen LogP contribution is 2.24. The fourth-order valence-electron chi connectivity index (χ4n) is 1.69. The summed E-state index contributed by atoms with van der Waals surface area (Å²) >= 11 is 11.9. The lowest BCUT2D eigenvalue weighted by molar-refractivity contribution is 0.0525. The molecule has 1 aromatic heterocycles. The Kier molecular flexibility index (Phi) is 4.45. The van der Waals surface area contributed by atoms with E-state index in [1.54, 1.807) is 19.1 Å². The highest BCUT2D eigenvalue weighted by molar-refractivity contribution is 6.35. The molecule has 0 unspecified atom stereocenters. The van der Waals surface area contributed by atoms with E-state index in [0.717, 1.165) is 5.56 Å². The van der Waals surface area contributed by atoms with Gasteiger partial charge >= 0.3 is 5.97 Å². The zero-order valence-electron chi connectivity index (χ0n) is 10.2. The quantitative estimate of drug-likeness (QED) is 0.879. The Bertz CT molecular complexity index is 596. The van der Waals surface area contributed by atoms with Crippen molar-refractivity contribution in [1.29, 1.82) is 0 Å². The molecule has 4 nitrogen and oxygen atoms in total. The van der Waals surface area contributed by atoms with Gasteiger partial charge in [0.1, 0.15) is 5.56 Å². The molecule has 2 rings (SSSR count). The van der Waals surface area contributed by atoms with Gasteiger partial charge in [0.15, 0.2) is 0 Å². The Morgan fingerprint density at radius 1 is 1.42 bits per heavy atom. The van der Waals surface area contributed by atoms with Crippen LogP contribution in [0.4, 0.5) is 0 Å². The lowest BCUT2D eigenvalue weighted by Gasteiger charge is -2.05. The van der Waals surface area contributed by atoms with Gasteiger partial charge in [0, 0.05) is 16.5 Å². The van der Waals surface area contributed by atoms with Crippen molar-refractivity contribution in [3.63, 3.8) is 0 Å². The maximum absolute atomic E-state index is 11.7. The third-order valence-electron chi connectivity index (χ3n) is 2.60. The van der Waals surface area contributed by atoms with Crippen LogP contribution in [-0.2, 0) is 11.2 Å². The number of hydrogen-bond acceptors (Lipinski definition) is 3. The molecule has 100 valence electrons. The Morgan fingerprint density at radius 3 is 2.89 bits per heavy atom. The smallest absolute Gasteiger partial charge is 0.341 e. The first-order valence-corrected chi connectivity index (χ1v) is 6.50. The van der Waals surface area contributed by atoms with Gasteiger partial charge in [-0.05, 0) is 24.6 Å². The maximum Gasteiger partial charge on any atom is 0.341 e. The van der Waals surface area contributed by atoms with Gasteiger partial charge in [0.05, 0.1) is 18.5 Å². The Hall–Kier alpha value is -1.52. The van der Waals surface area contributed by atoms with Crippen molar-refractivity contribution < 1.29 is 9.53 Å². The minimum atomic E-state index is -0.392. The van der Waals surface area contributed by atoms with E-state index in [0.29, 0.717) is 34.3 Å². The number of aromatic amines is 1. The Morgan fingerprint density at radius 2 is 2.21 bits per heavy atom. The van der Waals surface area contributed by atoms with E-state index in [4.69, 9.17) is 27.9 Å². The highest BCUT2D eigenvalue weighted by Gasteiger charge is 2.16. The molecule has 2 aromatic rings. The van der Waals surface area contributed by atoms with E-state index in [1.807, 2.05) is 6.07 Å². The molecule has 0 atom stereocenters. The SMILES string of the molecule is CCOC(=O)c1cn[nH]c1Cc1ccc(Cl)cc1Cl. The third-order valence-corrected chi connectivity index (χ3v) is 3.18. The zero-order chi connectivity index (χ0) is 13.8. The van der Waals surface area contributed by atoms with Crippen LogP contribution < -0.4 is 0 Å². The number of halogens is 2. The molecule has 1 aromatic carbocycles. The lowest BCUT2D eigenvalue weighted by atomic mass is 10.1. The Balaban J connectivity index is 2.24. The number of rotatable bonds is 4. The van der Waals surface area contributed by atoms with Crippen molar-refractivity contribution in [2.45, 2.75) is 13.3 Å². The van der Waals surface area contributed by atoms with Crippen molar-refractivity contribution in [1.82, 2.24) is 10.2 Å². The molecule has 0 saturated carbocycles. The number of carbonyl (C=O) groups is 1. The largest absolute Gasteiger partial charge is 0.462 e. The van der Waals surface area contributed by atoms with Crippen LogP contribution in [0.2, 0.25) is 10.0 Å². The maximum atomic E-state index is 11.7. The molecule has 0 spiro atoms. The van der Waals surface area contributed by atoms with Gasteiger partial charge in [-0.1, -0.05) is 29.3 Å². The van der Waals surface area contributed by atoms with Crippen molar-refractivity contribution in [2.75, 3.05) is 6.61 Å². The number of benzene rings is 1. The first-order valence-electron chi connectivity index (χ1n) is 5.75. The minimum Gasteiger partial charge on any atom is -0.462 e. The molecule has 0 saturated heterocycles. The summed E-state index contributed by atoms with van der Waals surface area (Å²) in [6.45, 7) is 2.08. The van der Waals surface area contributed by atoms with Gasteiger partial charge in [-0.3, -0.25) is 5.10 Å². The highest BCUT2D eigenvalue weighted by atomic mass is 35.5. The molecule has 0 radical (unpaired) electrons. The minimum absolute atomic E-state index is 0.325. The molecule has 1 N–H and O–H groups in total. The van der Waals surface area contributed by atoms with Gasteiger partial charge in [0.2, 0.25) is 0 Å². The van der Waals surface area contributed by atoms with E-state index in [-0.39, 0.29) is 0 Å². The second kappa shape index (κ2) is 6.08. The molecule has 0 aliphatic rings. The van der Waals surface area contributed by atoms with Gasteiger partial charge in [0.25, 0.3) is 0 Å². The molecule has 1 heterocycles. The van der Waals surface area contributed by atoms with E-state index >= 15 is 0 Å². The fraction of sp³-hybridized carbons (Fsp3) is 0.231. The summed E-state index contributed by atoms with van der Waals surface area (Å²) in [5.41, 5.74) is 1.96. The Labute approximate surface area is 120 Å². The van der Waals surface area contributed by atoms with Crippen LogP contribution in [0.5, 0.6) is 0 Å². The van der Waals surface area contributed by atoms with Crippen LogP contribution in [0.25, 0.3) is 0 Å². The zero-order valence-corrected chi connectivity index (χ0v) is 11.8. The molecule has 6 heteroatoms. The summed E-state index contributed by atoms with van der Waals surface area (Å²) < 4.78 is 4.96. The molecule has 0 aliphatic heterocycles. The number of carbonyl (C=O) groups excluding carboxylic acids is 1. The van der Waals surface area contributed by atoms with Crippen molar-refractivity contribution >= 4 is 29.2 Å². The van der Waals surface area contributed by atoms with Crippen LogP contribution in [0.15, 0.2) is 24.4 Å². The van der Waals surface area contributed by atoms with Gasteiger partial charge in [-0.2, -0.15) is 5.10 Å². The number of ether oxygens (including phenoxy) is 1. The summed E-state index contributed by atoms with van der Waals surface area (Å²) in [6.07, 6.45) is 1.92. The monoisotopic (exact) mass is 298 g/mol. The van der Waals surface area contributed by atoms with Gasteiger partial charge < -0.3 is 4.74 Å². The normalized spacial score (nSPS) is 10.5. The molecule has 0 bridgehead atoms. The third kappa shape index (κ3) is 3.28. The standard InChI is InChI=1S/C13H12Cl2N2O2/c1-2-19-13(18)10-7-16-17-12(10)5-8-3-4-9(14)6-11(8)15/h3-4,6-7H,2,5H2,1H3,(H,16,17). The average Bonchev–Trinajstić information content (AvgIpc) is 2.81. The number of hydrogen-bond donors (Lipinski definition) is 1. The molecule has 19 heavy (non-hydrogen) atoms. The molecule has 0 amide bonds. The predicted octanol–water partition coefficient (Wildman–Crippen LogP) is 3.48. The number of nitrogens with one attached hydrogen (secondary N) is 1. The summed E-state index contributed by atoms with van der Waals surface area (Å²) in [5.74, 6) is -0.392. The number of H-pyrrole nitrogens is 1. The van der Waals surface area contributed by atoms with Crippen molar-refractivity contribution in [3.05, 3.63) is 51.3 Å². The van der Waals surface area contributed by atoms with Gasteiger partial charge in [-0.25, -0.2) is 4.79 Å². The lowest BCUT2D eigenvalue weighted by Crippen LogP contribution is -2.07. The average molecular weight is 299 g/mol. The molecule has 0 aliphatic carbocycles. The number of aromatic nitrogens is 2. The van der Waals surface area contributed by atoms with E-state index < -0.39 is 5.97 Å². The number of nitrogens with zero attached hydrogens (tertiary/aromatic N) is 1.